The fraction of sp³-hybridized carbons (Fsp3) is 0.500. The molecule has 1 aromatic rings. The molecule has 0 bridgehead atoms. The molecule has 0 aromatic carbocycles. The fourth-order valence-electron chi connectivity index (χ4n) is 1.37. The molecule has 1 N–H and O–H groups in total. The second kappa shape index (κ2) is 4.72. The molecule has 0 spiro atoms. The van der Waals surface area contributed by atoms with Gasteiger partial charge in [0, 0.05) is 0 Å². The quantitative estimate of drug-likeness (QED) is 0.812. The highest BCUT2D eigenvalue weighted by Crippen LogP contribution is 2.20. The van der Waals surface area contributed by atoms with E-state index < -0.39 is 5.97 Å². The minimum atomic E-state index is -1.03. The van der Waals surface area contributed by atoms with Crippen molar-refractivity contribution in [2.45, 2.75) is 20.3 Å². The summed E-state index contributed by atoms with van der Waals surface area (Å²) in [5, 5.41) is 16.4. The second-order valence-electron chi connectivity index (χ2n) is 3.66. The molecule has 5 nitrogen and oxygen atoms in total. The molecule has 1 aromatic heterocycles. The molecule has 0 atom stereocenters. The van der Waals surface area contributed by atoms with E-state index in [0.29, 0.717) is 17.9 Å². The molecule has 0 unspecified atom stereocenters. The number of carboxylic acids is 1. The van der Waals surface area contributed by atoms with E-state index in [-0.39, 0.29) is 11.4 Å². The van der Waals surface area contributed by atoms with Gasteiger partial charge in [0.1, 0.15) is 5.56 Å². The van der Waals surface area contributed by atoms with Crippen molar-refractivity contribution in [3.05, 3.63) is 17.3 Å². The molecule has 0 fully saturated rings. The molecule has 0 aliphatic heterocycles. The lowest BCUT2D eigenvalue weighted by atomic mass is 10.0. The van der Waals surface area contributed by atoms with Gasteiger partial charge in [0.05, 0.1) is 13.3 Å². The Morgan fingerprint density at radius 1 is 1.60 bits per heavy atom. The van der Waals surface area contributed by atoms with Crippen LogP contribution in [0.5, 0.6) is 5.88 Å². The Morgan fingerprint density at radius 2 is 2.27 bits per heavy atom. The molecule has 0 radical (unpaired) electrons. The van der Waals surface area contributed by atoms with E-state index >= 15 is 0 Å². The molecule has 1 rings (SSSR count). The van der Waals surface area contributed by atoms with Crippen molar-refractivity contribution in [1.29, 1.82) is 0 Å². The summed E-state index contributed by atoms with van der Waals surface area (Å²) in [5.74, 6) is -0.602. The molecule has 15 heavy (non-hydrogen) atoms. The zero-order valence-corrected chi connectivity index (χ0v) is 9.02. The number of aromatic carboxylic acids is 1. The highest BCUT2D eigenvalue weighted by atomic mass is 16.5. The number of hydrogen-bond acceptors (Lipinski definition) is 4. The van der Waals surface area contributed by atoms with Crippen LogP contribution in [-0.2, 0) is 6.42 Å². The third-order valence-electron chi connectivity index (χ3n) is 1.93. The number of hydrogen-bond donors (Lipinski definition) is 1. The first-order valence-electron chi connectivity index (χ1n) is 4.68. The van der Waals surface area contributed by atoms with Gasteiger partial charge in [-0.3, -0.25) is 0 Å². The van der Waals surface area contributed by atoms with Gasteiger partial charge in [-0.15, -0.1) is 5.10 Å². The molecule has 0 saturated heterocycles. The van der Waals surface area contributed by atoms with E-state index in [2.05, 4.69) is 10.2 Å². The van der Waals surface area contributed by atoms with Crippen LogP contribution in [0.25, 0.3) is 0 Å². The zero-order chi connectivity index (χ0) is 11.4. The Balaban J connectivity index is 3.19. The lowest BCUT2D eigenvalue weighted by Crippen LogP contribution is -2.10. The fourth-order valence-corrected chi connectivity index (χ4v) is 1.37. The molecule has 0 aliphatic rings. The molecular weight excluding hydrogens is 196 g/mol. The van der Waals surface area contributed by atoms with Gasteiger partial charge in [-0.25, -0.2) is 4.79 Å². The lowest BCUT2D eigenvalue weighted by molar-refractivity contribution is 0.0690. The Kier molecular flexibility index (Phi) is 3.60. The smallest absolute Gasteiger partial charge is 0.341 e. The maximum atomic E-state index is 11.0. The number of methoxy groups -OCH3 is 1. The average Bonchev–Trinajstić information content (AvgIpc) is 2.15. The van der Waals surface area contributed by atoms with Crippen LogP contribution in [0.4, 0.5) is 0 Å². The van der Waals surface area contributed by atoms with E-state index in [4.69, 9.17) is 9.84 Å². The van der Waals surface area contributed by atoms with Gasteiger partial charge in [0.25, 0.3) is 0 Å². The zero-order valence-electron chi connectivity index (χ0n) is 9.02. The summed E-state index contributed by atoms with van der Waals surface area (Å²) in [6, 6.07) is 0. The van der Waals surface area contributed by atoms with Gasteiger partial charge in [-0.1, -0.05) is 13.8 Å². The van der Waals surface area contributed by atoms with Gasteiger partial charge in [-0.2, -0.15) is 5.10 Å². The summed E-state index contributed by atoms with van der Waals surface area (Å²) < 4.78 is 4.87. The van der Waals surface area contributed by atoms with Crippen molar-refractivity contribution in [2.75, 3.05) is 7.11 Å². The molecule has 0 aliphatic carbocycles. The average molecular weight is 210 g/mol. The number of ether oxygens (including phenoxy) is 1. The first-order chi connectivity index (χ1) is 7.06. The van der Waals surface area contributed by atoms with Crippen molar-refractivity contribution in [1.82, 2.24) is 10.2 Å². The summed E-state index contributed by atoms with van der Waals surface area (Å²) >= 11 is 0. The van der Waals surface area contributed by atoms with Crippen LogP contribution in [-0.4, -0.2) is 28.4 Å². The number of rotatable bonds is 4. The third-order valence-corrected chi connectivity index (χ3v) is 1.93. The summed E-state index contributed by atoms with van der Waals surface area (Å²) in [6.45, 7) is 4.02. The topological polar surface area (TPSA) is 72.3 Å². The Morgan fingerprint density at radius 3 is 2.73 bits per heavy atom. The summed E-state index contributed by atoms with van der Waals surface area (Å²) in [6.07, 6.45) is 2.12. The third kappa shape index (κ3) is 2.65. The highest BCUT2D eigenvalue weighted by molar-refractivity contribution is 5.91. The summed E-state index contributed by atoms with van der Waals surface area (Å²) in [5.41, 5.74) is 0.769. The van der Waals surface area contributed by atoms with Crippen molar-refractivity contribution in [2.24, 2.45) is 5.92 Å². The van der Waals surface area contributed by atoms with Crippen LogP contribution in [0.15, 0.2) is 6.20 Å². The Labute approximate surface area is 88.1 Å². The van der Waals surface area contributed by atoms with Gasteiger partial charge < -0.3 is 9.84 Å². The Hall–Kier alpha value is -1.65. The van der Waals surface area contributed by atoms with Crippen LogP contribution >= 0.6 is 0 Å². The normalized spacial score (nSPS) is 10.4. The summed E-state index contributed by atoms with van der Waals surface area (Å²) in [4.78, 5) is 11.0. The lowest BCUT2D eigenvalue weighted by Gasteiger charge is -2.09. The van der Waals surface area contributed by atoms with Gasteiger partial charge >= 0.3 is 5.97 Å². The molecule has 1 heterocycles. The molecule has 5 heteroatoms. The number of carboxylic acid groups (broad SMARTS) is 1. The van der Waals surface area contributed by atoms with Crippen LogP contribution in [0.2, 0.25) is 0 Å². The van der Waals surface area contributed by atoms with Gasteiger partial charge in [0.2, 0.25) is 5.88 Å². The van der Waals surface area contributed by atoms with Crippen molar-refractivity contribution in [3.8, 4) is 5.88 Å². The maximum Gasteiger partial charge on any atom is 0.341 e. The van der Waals surface area contributed by atoms with Crippen molar-refractivity contribution in [3.63, 3.8) is 0 Å². The Bertz CT molecular complexity index is 364. The minimum absolute atomic E-state index is 0.0700. The largest absolute Gasteiger partial charge is 0.479 e. The first-order valence-corrected chi connectivity index (χ1v) is 4.68. The van der Waals surface area contributed by atoms with Crippen LogP contribution in [0, 0.1) is 5.92 Å². The van der Waals surface area contributed by atoms with Crippen LogP contribution < -0.4 is 4.74 Å². The van der Waals surface area contributed by atoms with Crippen molar-refractivity contribution < 1.29 is 14.6 Å². The molecule has 0 saturated carbocycles. The molecule has 82 valence electrons. The van der Waals surface area contributed by atoms with E-state index in [1.54, 1.807) is 0 Å². The van der Waals surface area contributed by atoms with Gasteiger partial charge in [-0.05, 0) is 17.9 Å². The SMILES string of the molecule is COc1nncc(CC(C)C)c1C(=O)O. The second-order valence-corrected chi connectivity index (χ2v) is 3.66. The number of aromatic nitrogens is 2. The predicted octanol–water partition coefficient (Wildman–Crippen LogP) is 1.38. The molecular formula is C10H14N2O3. The van der Waals surface area contributed by atoms with Gasteiger partial charge in [0.15, 0.2) is 0 Å². The number of nitrogens with zero attached hydrogens (tertiary/aromatic N) is 2. The maximum absolute atomic E-state index is 11.0. The minimum Gasteiger partial charge on any atom is -0.479 e. The van der Waals surface area contributed by atoms with E-state index in [1.165, 1.54) is 13.3 Å². The summed E-state index contributed by atoms with van der Waals surface area (Å²) in [7, 11) is 1.38. The highest BCUT2D eigenvalue weighted by Gasteiger charge is 2.18. The molecule has 0 amide bonds. The van der Waals surface area contributed by atoms with E-state index in [0.717, 1.165) is 0 Å². The number of carbonyl (C=O) groups is 1. The van der Waals surface area contributed by atoms with Crippen LogP contribution in [0.1, 0.15) is 29.8 Å². The van der Waals surface area contributed by atoms with E-state index in [1.807, 2.05) is 13.8 Å². The van der Waals surface area contributed by atoms with Crippen molar-refractivity contribution >= 4 is 5.97 Å². The van der Waals surface area contributed by atoms with Crippen LogP contribution in [0.3, 0.4) is 0 Å². The standard InChI is InChI=1S/C10H14N2O3/c1-6(2)4-7-5-11-12-9(15-3)8(7)10(13)14/h5-6H,4H2,1-3H3,(H,13,14). The monoisotopic (exact) mass is 210 g/mol. The predicted molar refractivity (Wildman–Crippen MR) is 54.1 cm³/mol. The first kappa shape index (κ1) is 11.4. The van der Waals surface area contributed by atoms with E-state index in [9.17, 15) is 4.79 Å².